The summed E-state index contributed by atoms with van der Waals surface area (Å²) in [5.74, 6) is 6.48. The van der Waals surface area contributed by atoms with Crippen LogP contribution in [0.2, 0.25) is 0 Å². The fraction of sp³-hybridized carbons (Fsp3) is 0.500. The van der Waals surface area contributed by atoms with Crippen LogP contribution in [0.4, 0.5) is 0 Å². The molecule has 4 heteroatoms. The lowest BCUT2D eigenvalue weighted by Gasteiger charge is -2.18. The average molecular weight is 471 g/mol. The number of hydrogen-bond donors (Lipinski definition) is 0. The Bertz CT molecular complexity index is 970. The maximum Gasteiger partial charge on any atom is 0.135 e. The van der Waals surface area contributed by atoms with Crippen molar-refractivity contribution in [2.45, 2.75) is 52.9 Å². The van der Waals surface area contributed by atoms with Gasteiger partial charge in [0.25, 0.3) is 0 Å². The lowest BCUT2D eigenvalue weighted by Crippen LogP contribution is -2.05. The topological polar surface area (TPSA) is 18.5 Å². The second-order valence-corrected chi connectivity index (χ2v) is 10.5. The van der Waals surface area contributed by atoms with Gasteiger partial charge >= 0.3 is 0 Å². The Morgan fingerprint density at radius 1 is 0.625 bits per heavy atom. The summed E-state index contributed by atoms with van der Waals surface area (Å²) in [6, 6.07) is 15.3. The van der Waals surface area contributed by atoms with E-state index in [2.05, 4.69) is 63.2 Å². The van der Waals surface area contributed by atoms with Crippen LogP contribution >= 0.6 is 23.5 Å². The highest BCUT2D eigenvalue weighted by molar-refractivity contribution is 7.99. The molecule has 0 heterocycles. The van der Waals surface area contributed by atoms with Gasteiger partial charge in [0, 0.05) is 33.1 Å². The minimum Gasteiger partial charge on any atom is -0.491 e. The standard InChI is InChI=1S/C28H38O2S2/c1-4-7-17-31-19-15-29-27-23-11-9-10-12-24(23)28(30-16-20-32-18-8-5-2)26-21-22(6-3)13-14-25(26)27/h9-14,21H,4-8,15-20H2,1-3H3. The van der Waals surface area contributed by atoms with Crippen molar-refractivity contribution >= 4 is 45.1 Å². The van der Waals surface area contributed by atoms with E-state index in [1.807, 2.05) is 23.5 Å². The predicted octanol–water partition coefficient (Wildman–Crippen LogP) is 8.38. The zero-order chi connectivity index (χ0) is 22.6. The zero-order valence-electron chi connectivity index (χ0n) is 20.0. The summed E-state index contributed by atoms with van der Waals surface area (Å²) in [6.45, 7) is 8.16. The highest BCUT2D eigenvalue weighted by atomic mass is 32.2. The van der Waals surface area contributed by atoms with Crippen LogP contribution in [0.5, 0.6) is 11.5 Å². The largest absolute Gasteiger partial charge is 0.491 e. The molecule has 0 amide bonds. The molecule has 0 aliphatic rings. The monoisotopic (exact) mass is 470 g/mol. The molecular formula is C28H38O2S2. The van der Waals surface area contributed by atoms with Crippen molar-refractivity contribution in [3.05, 3.63) is 48.0 Å². The number of rotatable bonds is 15. The van der Waals surface area contributed by atoms with Gasteiger partial charge in [-0.3, -0.25) is 0 Å². The molecule has 0 bridgehead atoms. The van der Waals surface area contributed by atoms with E-state index in [0.717, 1.165) is 58.8 Å². The van der Waals surface area contributed by atoms with Crippen molar-refractivity contribution in [1.82, 2.24) is 0 Å². The van der Waals surface area contributed by atoms with Crippen molar-refractivity contribution in [3.8, 4) is 11.5 Å². The van der Waals surface area contributed by atoms with Gasteiger partial charge in [-0.25, -0.2) is 0 Å². The van der Waals surface area contributed by atoms with Crippen LogP contribution in [0, 0.1) is 0 Å². The molecule has 32 heavy (non-hydrogen) atoms. The molecule has 3 rings (SSSR count). The summed E-state index contributed by atoms with van der Waals surface area (Å²) in [6.07, 6.45) is 6.07. The molecule has 174 valence electrons. The van der Waals surface area contributed by atoms with E-state index >= 15 is 0 Å². The first-order valence-electron chi connectivity index (χ1n) is 12.2. The van der Waals surface area contributed by atoms with E-state index in [0.29, 0.717) is 0 Å². The summed E-state index contributed by atoms with van der Waals surface area (Å²) >= 11 is 3.97. The number of ether oxygens (including phenoxy) is 2. The van der Waals surface area contributed by atoms with Gasteiger partial charge in [-0.05, 0) is 42.4 Å². The molecule has 0 spiro atoms. The normalized spacial score (nSPS) is 11.3. The van der Waals surface area contributed by atoms with Crippen molar-refractivity contribution in [2.75, 3.05) is 36.2 Å². The van der Waals surface area contributed by atoms with Gasteiger partial charge in [0.1, 0.15) is 11.5 Å². The first-order chi connectivity index (χ1) is 15.8. The molecule has 0 aliphatic carbocycles. The van der Waals surface area contributed by atoms with Crippen LogP contribution in [0.1, 0.15) is 52.0 Å². The first kappa shape index (κ1) is 25.1. The maximum atomic E-state index is 6.46. The van der Waals surface area contributed by atoms with E-state index in [-0.39, 0.29) is 0 Å². The van der Waals surface area contributed by atoms with Gasteiger partial charge in [-0.2, -0.15) is 23.5 Å². The van der Waals surface area contributed by atoms with Gasteiger partial charge in [0.05, 0.1) is 13.2 Å². The van der Waals surface area contributed by atoms with Crippen molar-refractivity contribution in [1.29, 1.82) is 0 Å². The van der Waals surface area contributed by atoms with Gasteiger partial charge < -0.3 is 9.47 Å². The SMILES string of the molecule is CCCCSCCOc1c2ccccc2c(OCCSCCCC)c2cc(CC)ccc12. The molecule has 0 unspecified atom stereocenters. The predicted molar refractivity (Wildman–Crippen MR) is 146 cm³/mol. The third-order valence-electron chi connectivity index (χ3n) is 5.63. The van der Waals surface area contributed by atoms with Crippen LogP contribution in [0.25, 0.3) is 21.5 Å². The molecular weight excluding hydrogens is 432 g/mol. The van der Waals surface area contributed by atoms with Gasteiger partial charge in [-0.15, -0.1) is 0 Å². The summed E-state index contributed by atoms with van der Waals surface area (Å²) in [4.78, 5) is 0. The van der Waals surface area contributed by atoms with E-state index in [9.17, 15) is 0 Å². The molecule has 3 aromatic rings. The Morgan fingerprint density at radius 2 is 1.16 bits per heavy atom. The smallest absolute Gasteiger partial charge is 0.135 e. The number of benzene rings is 3. The lowest BCUT2D eigenvalue weighted by atomic mass is 9.98. The van der Waals surface area contributed by atoms with E-state index in [4.69, 9.17) is 9.47 Å². The molecule has 2 nitrogen and oxygen atoms in total. The van der Waals surface area contributed by atoms with Crippen molar-refractivity contribution in [3.63, 3.8) is 0 Å². The third kappa shape index (κ3) is 6.74. The first-order valence-corrected chi connectivity index (χ1v) is 14.5. The highest BCUT2D eigenvalue weighted by Gasteiger charge is 2.16. The molecule has 0 fully saturated rings. The van der Waals surface area contributed by atoms with Gasteiger partial charge in [0.2, 0.25) is 0 Å². The number of thioether (sulfide) groups is 2. The highest BCUT2D eigenvalue weighted by Crippen LogP contribution is 2.43. The van der Waals surface area contributed by atoms with Crippen LogP contribution in [0.15, 0.2) is 42.5 Å². The summed E-state index contributed by atoms with van der Waals surface area (Å²) < 4.78 is 12.9. The minimum absolute atomic E-state index is 0.733. The van der Waals surface area contributed by atoms with Crippen molar-refractivity contribution in [2.24, 2.45) is 0 Å². The second kappa shape index (κ2) is 13.9. The third-order valence-corrected chi connectivity index (χ3v) is 7.70. The molecule has 0 atom stereocenters. The summed E-state index contributed by atoms with van der Waals surface area (Å²) in [7, 11) is 0. The van der Waals surface area contributed by atoms with E-state index in [1.54, 1.807) is 0 Å². The van der Waals surface area contributed by atoms with Crippen LogP contribution in [0.3, 0.4) is 0 Å². The number of hydrogen-bond acceptors (Lipinski definition) is 4. The Hall–Kier alpha value is -1.52. The Kier molecular flexibility index (Phi) is 10.9. The average Bonchev–Trinajstić information content (AvgIpc) is 2.83. The van der Waals surface area contributed by atoms with Gasteiger partial charge in [-0.1, -0.05) is 70.0 Å². The summed E-state index contributed by atoms with van der Waals surface area (Å²) in [5.41, 5.74) is 1.33. The Balaban J connectivity index is 1.89. The van der Waals surface area contributed by atoms with Crippen molar-refractivity contribution < 1.29 is 9.47 Å². The molecule has 0 saturated heterocycles. The number of fused-ring (bicyclic) bond motifs is 2. The second-order valence-electron chi connectivity index (χ2n) is 8.07. The minimum atomic E-state index is 0.733. The molecule has 0 radical (unpaired) electrons. The lowest BCUT2D eigenvalue weighted by molar-refractivity contribution is 0.346. The zero-order valence-corrected chi connectivity index (χ0v) is 21.6. The van der Waals surface area contributed by atoms with Crippen LogP contribution < -0.4 is 9.47 Å². The fourth-order valence-electron chi connectivity index (χ4n) is 3.78. The van der Waals surface area contributed by atoms with Gasteiger partial charge in [0.15, 0.2) is 0 Å². The van der Waals surface area contributed by atoms with E-state index in [1.165, 1.54) is 48.1 Å². The molecule has 0 saturated carbocycles. The van der Waals surface area contributed by atoms with E-state index < -0.39 is 0 Å². The van der Waals surface area contributed by atoms with Crippen LogP contribution in [-0.4, -0.2) is 36.2 Å². The Labute approximate surface area is 202 Å². The fourth-order valence-corrected chi connectivity index (χ4v) is 5.58. The number of aryl methyl sites for hydroxylation is 1. The quantitative estimate of drug-likeness (QED) is 0.164. The molecule has 0 N–H and O–H groups in total. The summed E-state index contributed by atoms with van der Waals surface area (Å²) in [5, 5.41) is 4.64. The number of unbranched alkanes of at least 4 members (excludes halogenated alkanes) is 2. The molecule has 0 aromatic heterocycles. The Morgan fingerprint density at radius 3 is 1.69 bits per heavy atom. The van der Waals surface area contributed by atoms with Crippen LogP contribution in [-0.2, 0) is 6.42 Å². The molecule has 3 aromatic carbocycles. The maximum absolute atomic E-state index is 6.46. The molecule has 0 aliphatic heterocycles.